The number of aromatic nitrogens is 1. The van der Waals surface area contributed by atoms with Crippen LogP contribution in [0.25, 0.3) is 0 Å². The SMILES string of the molecule is COc1ccccc1Sc1ccc(C(=O)O)c(C)n1. The summed E-state index contributed by atoms with van der Waals surface area (Å²) in [7, 11) is 1.62. The van der Waals surface area contributed by atoms with Crippen molar-refractivity contribution in [2.45, 2.75) is 16.8 Å². The van der Waals surface area contributed by atoms with Gasteiger partial charge < -0.3 is 9.84 Å². The third kappa shape index (κ3) is 3.06. The van der Waals surface area contributed by atoms with Gasteiger partial charge >= 0.3 is 5.97 Å². The van der Waals surface area contributed by atoms with Gasteiger partial charge in [-0.3, -0.25) is 0 Å². The van der Waals surface area contributed by atoms with Crippen LogP contribution in [0, 0.1) is 6.92 Å². The maximum absolute atomic E-state index is 10.9. The second-order valence-electron chi connectivity index (χ2n) is 3.84. The Balaban J connectivity index is 2.29. The summed E-state index contributed by atoms with van der Waals surface area (Å²) in [5.74, 6) is -0.187. The first-order valence-electron chi connectivity index (χ1n) is 5.63. The van der Waals surface area contributed by atoms with Crippen LogP contribution in [-0.4, -0.2) is 23.2 Å². The zero-order valence-corrected chi connectivity index (χ0v) is 11.4. The Hall–Kier alpha value is -2.01. The van der Waals surface area contributed by atoms with E-state index < -0.39 is 5.97 Å². The van der Waals surface area contributed by atoms with Crippen LogP contribution in [0.3, 0.4) is 0 Å². The van der Waals surface area contributed by atoms with E-state index in [0.717, 1.165) is 15.7 Å². The molecule has 0 saturated carbocycles. The van der Waals surface area contributed by atoms with Gasteiger partial charge in [0.05, 0.1) is 23.3 Å². The molecule has 1 aromatic carbocycles. The van der Waals surface area contributed by atoms with E-state index in [1.807, 2.05) is 24.3 Å². The van der Waals surface area contributed by atoms with Crippen molar-refractivity contribution < 1.29 is 14.6 Å². The molecule has 2 rings (SSSR count). The maximum Gasteiger partial charge on any atom is 0.337 e. The first-order chi connectivity index (χ1) is 9.11. The lowest BCUT2D eigenvalue weighted by molar-refractivity contribution is 0.0695. The van der Waals surface area contributed by atoms with Gasteiger partial charge in [0.1, 0.15) is 10.8 Å². The predicted octanol–water partition coefficient (Wildman–Crippen LogP) is 3.25. The summed E-state index contributed by atoms with van der Waals surface area (Å²) in [6.07, 6.45) is 0. The van der Waals surface area contributed by atoms with Crippen molar-refractivity contribution >= 4 is 17.7 Å². The lowest BCUT2D eigenvalue weighted by Crippen LogP contribution is -2.01. The normalized spacial score (nSPS) is 10.2. The third-order valence-electron chi connectivity index (χ3n) is 2.57. The monoisotopic (exact) mass is 275 g/mol. The molecule has 0 atom stereocenters. The highest BCUT2D eigenvalue weighted by Gasteiger charge is 2.10. The van der Waals surface area contributed by atoms with Crippen molar-refractivity contribution in [3.8, 4) is 5.75 Å². The molecule has 0 saturated heterocycles. The summed E-state index contributed by atoms with van der Waals surface area (Å²) in [5.41, 5.74) is 0.733. The maximum atomic E-state index is 10.9. The van der Waals surface area contributed by atoms with Crippen molar-refractivity contribution in [1.29, 1.82) is 0 Å². The van der Waals surface area contributed by atoms with Gasteiger partial charge in [-0.2, -0.15) is 0 Å². The van der Waals surface area contributed by atoms with Gasteiger partial charge in [-0.05, 0) is 31.2 Å². The van der Waals surface area contributed by atoms with E-state index in [9.17, 15) is 4.79 Å². The van der Waals surface area contributed by atoms with E-state index in [1.165, 1.54) is 11.8 Å². The number of carboxylic acid groups (broad SMARTS) is 1. The van der Waals surface area contributed by atoms with Gasteiger partial charge in [0, 0.05) is 0 Å². The molecule has 1 N–H and O–H groups in total. The molecule has 0 spiro atoms. The summed E-state index contributed by atoms with van der Waals surface area (Å²) in [4.78, 5) is 16.2. The number of pyridine rings is 1. The number of carbonyl (C=O) groups is 1. The highest BCUT2D eigenvalue weighted by atomic mass is 32.2. The molecule has 5 heteroatoms. The Labute approximate surface area is 115 Å². The molecule has 1 aromatic heterocycles. The van der Waals surface area contributed by atoms with Gasteiger partial charge in [0.2, 0.25) is 0 Å². The van der Waals surface area contributed by atoms with Crippen molar-refractivity contribution in [2.75, 3.05) is 7.11 Å². The summed E-state index contributed by atoms with van der Waals surface area (Å²) >= 11 is 1.44. The van der Waals surface area contributed by atoms with E-state index in [-0.39, 0.29) is 5.56 Å². The Morgan fingerprint density at radius 2 is 2.00 bits per heavy atom. The molecule has 19 heavy (non-hydrogen) atoms. The van der Waals surface area contributed by atoms with E-state index in [2.05, 4.69) is 4.98 Å². The van der Waals surface area contributed by atoms with E-state index in [0.29, 0.717) is 5.69 Å². The van der Waals surface area contributed by atoms with Gasteiger partial charge in [-0.25, -0.2) is 9.78 Å². The molecular weight excluding hydrogens is 262 g/mol. The summed E-state index contributed by atoms with van der Waals surface area (Å²) in [5, 5.41) is 9.70. The molecule has 98 valence electrons. The van der Waals surface area contributed by atoms with Crippen molar-refractivity contribution in [3.63, 3.8) is 0 Å². The zero-order chi connectivity index (χ0) is 13.8. The van der Waals surface area contributed by atoms with Gasteiger partial charge in [0.15, 0.2) is 0 Å². The molecule has 0 bridgehead atoms. The summed E-state index contributed by atoms with van der Waals surface area (Å²) in [6.45, 7) is 1.69. The van der Waals surface area contributed by atoms with E-state index >= 15 is 0 Å². The lowest BCUT2D eigenvalue weighted by Gasteiger charge is -2.08. The smallest absolute Gasteiger partial charge is 0.337 e. The van der Waals surface area contributed by atoms with Crippen LogP contribution in [0.15, 0.2) is 46.3 Å². The highest BCUT2D eigenvalue weighted by molar-refractivity contribution is 7.99. The zero-order valence-electron chi connectivity index (χ0n) is 10.6. The minimum Gasteiger partial charge on any atom is -0.496 e. The minimum absolute atomic E-state index is 0.226. The Kier molecular flexibility index (Phi) is 4.06. The third-order valence-corrected chi connectivity index (χ3v) is 3.57. The van der Waals surface area contributed by atoms with Gasteiger partial charge in [0.25, 0.3) is 0 Å². The standard InChI is InChI=1S/C14H13NO3S/c1-9-10(14(16)17)7-8-13(15-9)19-12-6-4-3-5-11(12)18-2/h3-8H,1-2H3,(H,16,17). The Morgan fingerprint density at radius 3 is 2.63 bits per heavy atom. The number of hydrogen-bond donors (Lipinski definition) is 1. The number of hydrogen-bond acceptors (Lipinski definition) is 4. The first-order valence-corrected chi connectivity index (χ1v) is 6.45. The first kappa shape index (κ1) is 13.4. The van der Waals surface area contributed by atoms with Crippen LogP contribution in [0.5, 0.6) is 5.75 Å². The molecule has 0 radical (unpaired) electrons. The number of carboxylic acids is 1. The largest absolute Gasteiger partial charge is 0.496 e. The van der Waals surface area contributed by atoms with Crippen molar-refractivity contribution in [1.82, 2.24) is 4.98 Å². The summed E-state index contributed by atoms with van der Waals surface area (Å²) < 4.78 is 5.27. The van der Waals surface area contributed by atoms with Crippen molar-refractivity contribution in [2.24, 2.45) is 0 Å². The molecular formula is C14H13NO3S. The van der Waals surface area contributed by atoms with E-state index in [4.69, 9.17) is 9.84 Å². The van der Waals surface area contributed by atoms with Crippen LogP contribution in [0.1, 0.15) is 16.1 Å². The molecule has 0 aliphatic rings. The minimum atomic E-state index is -0.959. The number of methoxy groups -OCH3 is 1. The molecule has 4 nitrogen and oxygen atoms in total. The van der Waals surface area contributed by atoms with Gasteiger partial charge in [-0.1, -0.05) is 23.9 Å². The fourth-order valence-corrected chi connectivity index (χ4v) is 2.58. The number of aryl methyl sites for hydroxylation is 1. The number of aromatic carboxylic acids is 1. The summed E-state index contributed by atoms with van der Waals surface area (Å²) in [6, 6.07) is 10.9. The quantitative estimate of drug-likeness (QED) is 0.928. The number of rotatable bonds is 4. The molecule has 0 aliphatic carbocycles. The number of nitrogens with zero attached hydrogens (tertiary/aromatic N) is 1. The molecule has 0 aliphatic heterocycles. The average molecular weight is 275 g/mol. The fraction of sp³-hybridized carbons (Fsp3) is 0.143. The van der Waals surface area contributed by atoms with E-state index in [1.54, 1.807) is 26.2 Å². The molecule has 0 fully saturated rings. The number of ether oxygens (including phenoxy) is 1. The average Bonchev–Trinajstić information content (AvgIpc) is 2.39. The predicted molar refractivity (Wildman–Crippen MR) is 73.1 cm³/mol. The Morgan fingerprint density at radius 1 is 1.26 bits per heavy atom. The molecule has 0 unspecified atom stereocenters. The molecule has 0 amide bonds. The van der Waals surface area contributed by atoms with Crippen LogP contribution in [0.4, 0.5) is 0 Å². The topological polar surface area (TPSA) is 59.4 Å². The van der Waals surface area contributed by atoms with Crippen LogP contribution >= 0.6 is 11.8 Å². The van der Waals surface area contributed by atoms with Crippen LogP contribution in [-0.2, 0) is 0 Å². The van der Waals surface area contributed by atoms with Gasteiger partial charge in [-0.15, -0.1) is 0 Å². The highest BCUT2D eigenvalue weighted by Crippen LogP contribution is 2.33. The lowest BCUT2D eigenvalue weighted by atomic mass is 10.2. The second kappa shape index (κ2) is 5.75. The van der Waals surface area contributed by atoms with Crippen LogP contribution in [0.2, 0.25) is 0 Å². The Bertz CT molecular complexity index is 613. The molecule has 1 heterocycles. The molecule has 2 aromatic rings. The van der Waals surface area contributed by atoms with Crippen molar-refractivity contribution in [3.05, 3.63) is 47.7 Å². The number of benzene rings is 1. The number of para-hydroxylation sites is 1. The van der Waals surface area contributed by atoms with Crippen LogP contribution < -0.4 is 4.74 Å². The fourth-order valence-electron chi connectivity index (χ4n) is 1.64. The second-order valence-corrected chi connectivity index (χ2v) is 4.90.